The minimum Gasteiger partial charge on any atom is -0.449 e. The van der Waals surface area contributed by atoms with Gasteiger partial charge in [0.05, 0.1) is 33.8 Å². The van der Waals surface area contributed by atoms with E-state index < -0.39 is 6.09 Å². The van der Waals surface area contributed by atoms with Gasteiger partial charge >= 0.3 is 6.09 Å². The van der Waals surface area contributed by atoms with E-state index in [1.165, 1.54) is 11.3 Å². The first-order valence-corrected chi connectivity index (χ1v) is 9.64. The van der Waals surface area contributed by atoms with Crippen LogP contribution < -0.4 is 5.32 Å². The molecular weight excluding hydrogens is 358 g/mol. The van der Waals surface area contributed by atoms with Gasteiger partial charge in [0.15, 0.2) is 0 Å². The van der Waals surface area contributed by atoms with Crippen LogP contribution in [0, 0.1) is 5.92 Å². The molecule has 0 spiro atoms. The van der Waals surface area contributed by atoms with Crippen LogP contribution in [0.3, 0.4) is 0 Å². The Morgan fingerprint density at radius 2 is 2.00 bits per heavy atom. The van der Waals surface area contributed by atoms with Crippen LogP contribution in [0.15, 0.2) is 29.6 Å². The van der Waals surface area contributed by atoms with Crippen LogP contribution in [0.4, 0.5) is 10.5 Å². The lowest BCUT2D eigenvalue weighted by Crippen LogP contribution is -2.46. The van der Waals surface area contributed by atoms with Gasteiger partial charge in [-0.15, -0.1) is 11.3 Å². The van der Waals surface area contributed by atoms with Gasteiger partial charge in [0.2, 0.25) is 0 Å². The number of aromatic nitrogens is 1. The monoisotopic (exact) mass is 380 g/mol. The first-order chi connectivity index (χ1) is 11.9. The van der Waals surface area contributed by atoms with Crippen LogP contribution in [0.5, 0.6) is 0 Å². The van der Waals surface area contributed by atoms with Gasteiger partial charge in [-0.25, -0.2) is 9.78 Å². The van der Waals surface area contributed by atoms with Gasteiger partial charge in [0.1, 0.15) is 10.2 Å². The number of nitrogens with one attached hydrogen (secondary N) is 1. The second-order valence-electron chi connectivity index (χ2n) is 7.10. The number of halogens is 1. The number of carbonyl (C=O) groups is 1. The number of anilines is 1. The molecule has 1 fully saturated rings. The van der Waals surface area contributed by atoms with E-state index in [-0.39, 0.29) is 0 Å². The summed E-state index contributed by atoms with van der Waals surface area (Å²) in [5.41, 5.74) is 1.68. The highest BCUT2D eigenvalue weighted by molar-refractivity contribution is 7.13. The Morgan fingerprint density at radius 3 is 2.60 bits per heavy atom. The molecule has 7 heteroatoms. The average molecular weight is 381 g/mol. The van der Waals surface area contributed by atoms with Crippen molar-refractivity contribution in [3.63, 3.8) is 0 Å². The number of ether oxygens (including phenoxy) is 1. The summed E-state index contributed by atoms with van der Waals surface area (Å²) in [7, 11) is 4.49. The van der Waals surface area contributed by atoms with Crippen molar-refractivity contribution in [1.29, 1.82) is 0 Å². The molecule has 1 aliphatic rings. The number of hydrogen-bond acceptors (Lipinski definition) is 4. The Morgan fingerprint density at radius 1 is 1.32 bits per heavy atom. The van der Waals surface area contributed by atoms with Crippen molar-refractivity contribution in [2.75, 3.05) is 39.1 Å². The summed E-state index contributed by atoms with van der Waals surface area (Å²) in [4.78, 5) is 16.2. The molecule has 1 aromatic heterocycles. The normalized spacial score (nSPS) is 17.2. The molecule has 2 heterocycles. The molecule has 1 N–H and O–H groups in total. The van der Waals surface area contributed by atoms with Crippen LogP contribution in [-0.4, -0.2) is 49.4 Å². The van der Waals surface area contributed by atoms with Gasteiger partial charge < -0.3 is 9.22 Å². The third-order valence-corrected chi connectivity index (χ3v) is 5.80. The van der Waals surface area contributed by atoms with Crippen LogP contribution >= 0.6 is 22.9 Å². The number of amides is 1. The predicted molar refractivity (Wildman–Crippen MR) is 102 cm³/mol. The van der Waals surface area contributed by atoms with Crippen LogP contribution in [0.25, 0.3) is 10.6 Å². The third kappa shape index (κ3) is 5.17. The maximum Gasteiger partial charge on any atom is 0.411 e. The van der Waals surface area contributed by atoms with Gasteiger partial charge in [-0.2, -0.15) is 0 Å². The molecule has 3 rings (SSSR count). The quantitative estimate of drug-likeness (QED) is 0.794. The molecule has 1 aromatic carbocycles. The van der Waals surface area contributed by atoms with Crippen molar-refractivity contribution in [2.45, 2.75) is 12.8 Å². The number of piperidine rings is 1. The van der Waals surface area contributed by atoms with Crippen molar-refractivity contribution >= 4 is 34.7 Å². The van der Waals surface area contributed by atoms with Gasteiger partial charge in [0.25, 0.3) is 0 Å². The molecule has 5 nitrogen and oxygen atoms in total. The Balaban J connectivity index is 1.46. The highest BCUT2D eigenvalue weighted by atomic mass is 35.5. The standard InChI is InChI=1S/C18H22ClN3O2S/c1-22(2)9-7-13(8-10-22)11-24-18(23)20-15-5-3-14(4-6-15)17-21-16(19)12-25-17/h3-6,12-13H,7-11H2,1-2H3/p+1. The molecule has 1 amide bonds. The van der Waals surface area contributed by atoms with Gasteiger partial charge in [-0.05, 0) is 24.3 Å². The number of quaternary nitrogens is 1. The van der Waals surface area contributed by atoms with E-state index in [4.69, 9.17) is 16.3 Å². The van der Waals surface area contributed by atoms with Crippen LogP contribution in [0.2, 0.25) is 5.15 Å². The van der Waals surface area contributed by atoms with Crippen molar-refractivity contribution in [1.82, 2.24) is 4.98 Å². The second kappa shape index (κ2) is 7.72. The van der Waals surface area contributed by atoms with Crippen molar-refractivity contribution in [3.8, 4) is 10.6 Å². The number of benzene rings is 1. The smallest absolute Gasteiger partial charge is 0.411 e. The summed E-state index contributed by atoms with van der Waals surface area (Å²) in [5.74, 6) is 0.467. The van der Waals surface area contributed by atoms with Crippen molar-refractivity contribution < 1.29 is 14.0 Å². The minimum absolute atomic E-state index is 0.399. The number of rotatable bonds is 4. The molecule has 1 saturated heterocycles. The van der Waals surface area contributed by atoms with E-state index in [0.29, 0.717) is 23.4 Å². The fourth-order valence-electron chi connectivity index (χ4n) is 2.92. The summed E-state index contributed by atoms with van der Waals surface area (Å²) >= 11 is 7.34. The van der Waals surface area contributed by atoms with E-state index in [0.717, 1.165) is 41.0 Å². The molecule has 0 unspecified atom stereocenters. The number of thiazole rings is 1. The van der Waals surface area contributed by atoms with E-state index in [9.17, 15) is 4.79 Å². The lowest BCUT2D eigenvalue weighted by atomic mass is 9.97. The number of nitrogens with zero attached hydrogens (tertiary/aromatic N) is 2. The first kappa shape index (κ1) is 18.2. The number of likely N-dealkylation sites (tertiary alicyclic amines) is 1. The zero-order valence-corrected chi connectivity index (χ0v) is 16.1. The fraction of sp³-hybridized carbons (Fsp3) is 0.444. The van der Waals surface area contributed by atoms with Gasteiger partial charge in [0, 0.05) is 35.4 Å². The summed E-state index contributed by atoms with van der Waals surface area (Å²) in [6.45, 7) is 2.76. The molecule has 25 heavy (non-hydrogen) atoms. The highest BCUT2D eigenvalue weighted by Crippen LogP contribution is 2.27. The second-order valence-corrected chi connectivity index (χ2v) is 8.35. The Labute approximate surface area is 157 Å². The zero-order valence-electron chi connectivity index (χ0n) is 14.5. The molecule has 2 aromatic rings. The molecular formula is C18H23ClN3O2S+. The third-order valence-electron chi connectivity index (χ3n) is 4.59. The maximum absolute atomic E-state index is 12.0. The largest absolute Gasteiger partial charge is 0.449 e. The zero-order chi connectivity index (χ0) is 17.9. The van der Waals surface area contributed by atoms with Crippen LogP contribution in [-0.2, 0) is 4.74 Å². The predicted octanol–water partition coefficient (Wildman–Crippen LogP) is 4.50. The van der Waals surface area contributed by atoms with E-state index in [1.54, 1.807) is 5.38 Å². The lowest BCUT2D eigenvalue weighted by molar-refractivity contribution is -0.896. The molecule has 0 atom stereocenters. The van der Waals surface area contributed by atoms with Gasteiger partial charge in [-0.1, -0.05) is 11.6 Å². The molecule has 0 saturated carbocycles. The summed E-state index contributed by atoms with van der Waals surface area (Å²) in [6.07, 6.45) is 1.81. The average Bonchev–Trinajstić information content (AvgIpc) is 3.01. The molecule has 0 aliphatic carbocycles. The maximum atomic E-state index is 12.0. The Kier molecular flexibility index (Phi) is 5.61. The van der Waals surface area contributed by atoms with Crippen molar-refractivity contribution in [3.05, 3.63) is 34.8 Å². The van der Waals surface area contributed by atoms with Gasteiger partial charge in [-0.3, -0.25) is 5.32 Å². The minimum atomic E-state index is -0.399. The molecule has 0 bridgehead atoms. The Hall–Kier alpha value is -1.63. The van der Waals surface area contributed by atoms with E-state index in [2.05, 4.69) is 24.4 Å². The number of hydrogen-bond donors (Lipinski definition) is 1. The lowest BCUT2D eigenvalue weighted by Gasteiger charge is -2.36. The van der Waals surface area contributed by atoms with Crippen LogP contribution in [0.1, 0.15) is 12.8 Å². The fourth-order valence-corrected chi connectivity index (χ4v) is 3.87. The highest BCUT2D eigenvalue weighted by Gasteiger charge is 2.26. The first-order valence-electron chi connectivity index (χ1n) is 8.38. The summed E-state index contributed by atoms with van der Waals surface area (Å²) in [6, 6.07) is 7.50. The van der Waals surface area contributed by atoms with E-state index >= 15 is 0 Å². The SMILES string of the molecule is C[N+]1(C)CCC(COC(=O)Nc2ccc(-c3nc(Cl)cs3)cc2)CC1. The van der Waals surface area contributed by atoms with E-state index in [1.807, 2.05) is 24.3 Å². The molecule has 0 radical (unpaired) electrons. The molecule has 1 aliphatic heterocycles. The molecule has 134 valence electrons. The summed E-state index contributed by atoms with van der Waals surface area (Å²) in [5, 5.41) is 5.93. The topological polar surface area (TPSA) is 51.2 Å². The van der Waals surface area contributed by atoms with Crippen molar-refractivity contribution in [2.24, 2.45) is 5.92 Å². The number of carbonyl (C=O) groups excluding carboxylic acids is 1. The Bertz CT molecular complexity index is 720. The summed E-state index contributed by atoms with van der Waals surface area (Å²) < 4.78 is 6.44.